The van der Waals surface area contributed by atoms with Crippen molar-refractivity contribution in [3.05, 3.63) is 83.9 Å². The molecule has 0 aliphatic heterocycles. The molecule has 0 aliphatic rings. The average Bonchev–Trinajstić information content (AvgIpc) is 2.89. The lowest BCUT2D eigenvalue weighted by Crippen LogP contribution is -2.35. The number of carbonyl (C=O) groups is 2. The molecular formula is C31H44O7Si. The first-order chi connectivity index (χ1) is 18.5. The Bertz CT molecular complexity index is 1020. The second kappa shape index (κ2) is 16.4. The molecule has 39 heavy (non-hydrogen) atoms. The van der Waals surface area contributed by atoms with Crippen molar-refractivity contribution in [3.8, 4) is 0 Å². The highest BCUT2D eigenvalue weighted by atomic mass is 28.3. The molecule has 0 amide bonds. The van der Waals surface area contributed by atoms with Crippen molar-refractivity contribution < 1.29 is 33.3 Å². The summed E-state index contributed by atoms with van der Waals surface area (Å²) < 4.78 is 28.9. The highest BCUT2D eigenvalue weighted by molar-refractivity contribution is 6.76. The first-order valence-corrected chi connectivity index (χ1v) is 17.1. The molecule has 0 bridgehead atoms. The highest BCUT2D eigenvalue weighted by Gasteiger charge is 2.31. The molecule has 0 saturated heterocycles. The first-order valence-electron chi connectivity index (χ1n) is 13.4. The minimum atomic E-state index is -1.19. The number of ether oxygens (including phenoxy) is 5. The lowest BCUT2D eigenvalue weighted by Gasteiger charge is -2.28. The Kier molecular flexibility index (Phi) is 13.6. The van der Waals surface area contributed by atoms with E-state index in [4.69, 9.17) is 23.7 Å². The molecule has 0 saturated carbocycles. The van der Waals surface area contributed by atoms with Gasteiger partial charge < -0.3 is 23.7 Å². The molecule has 0 N–H and O–H groups in total. The third-order valence-electron chi connectivity index (χ3n) is 6.18. The second-order valence-corrected chi connectivity index (χ2v) is 16.5. The van der Waals surface area contributed by atoms with Crippen LogP contribution in [-0.2, 0) is 39.9 Å². The third kappa shape index (κ3) is 12.7. The molecule has 7 nitrogen and oxygen atoms in total. The highest BCUT2D eigenvalue weighted by Crippen LogP contribution is 2.24. The Labute approximate surface area is 234 Å². The predicted octanol–water partition coefficient (Wildman–Crippen LogP) is 6.47. The van der Waals surface area contributed by atoms with Crippen molar-refractivity contribution in [2.45, 2.75) is 83.9 Å². The summed E-state index contributed by atoms with van der Waals surface area (Å²) in [5.41, 5.74) is 2.27. The number of rotatable bonds is 17. The second-order valence-electron chi connectivity index (χ2n) is 10.9. The predicted molar refractivity (Wildman–Crippen MR) is 155 cm³/mol. The standard InChI is InChI=1S/C31H44O7Si/c1-23(24(2)36-22-34-18-19-39(5,6)7)20-29(25(3)35-21-27-14-10-8-11-15-27)38-31(33)30(37-26(4)32)28-16-12-9-13-17-28/h8-17,24-25,29-30H,1,18-22H2,2-7H3/t24-,25-,29-,30+/m1/s1. The van der Waals surface area contributed by atoms with Crippen LogP contribution < -0.4 is 0 Å². The molecule has 0 fully saturated rings. The monoisotopic (exact) mass is 556 g/mol. The van der Waals surface area contributed by atoms with E-state index in [0.717, 1.165) is 17.2 Å². The normalized spacial score (nSPS) is 14.6. The third-order valence-corrected chi connectivity index (χ3v) is 7.89. The van der Waals surface area contributed by atoms with Crippen molar-refractivity contribution in [3.63, 3.8) is 0 Å². The van der Waals surface area contributed by atoms with E-state index in [2.05, 4.69) is 26.2 Å². The van der Waals surface area contributed by atoms with Crippen LogP contribution in [0.5, 0.6) is 0 Å². The zero-order chi connectivity index (χ0) is 28.8. The lowest BCUT2D eigenvalue weighted by molar-refractivity contribution is -0.177. The molecule has 2 aromatic carbocycles. The van der Waals surface area contributed by atoms with Gasteiger partial charge in [-0.1, -0.05) is 86.9 Å². The number of hydrogen-bond acceptors (Lipinski definition) is 7. The number of hydrogen-bond donors (Lipinski definition) is 0. The summed E-state index contributed by atoms with van der Waals surface area (Å²) >= 11 is 0. The quantitative estimate of drug-likeness (QED) is 0.0726. The number of esters is 2. The molecule has 2 rings (SSSR count). The van der Waals surface area contributed by atoms with Crippen LogP contribution in [0.25, 0.3) is 0 Å². The Hall–Kier alpha value is -2.78. The van der Waals surface area contributed by atoms with Crippen LogP contribution in [-0.4, -0.2) is 51.7 Å². The van der Waals surface area contributed by atoms with Crippen molar-refractivity contribution >= 4 is 20.0 Å². The number of carbonyl (C=O) groups excluding carboxylic acids is 2. The van der Waals surface area contributed by atoms with Crippen LogP contribution in [0.4, 0.5) is 0 Å². The maximum absolute atomic E-state index is 13.3. The lowest BCUT2D eigenvalue weighted by atomic mass is 10.0. The van der Waals surface area contributed by atoms with E-state index in [1.165, 1.54) is 6.92 Å². The summed E-state index contributed by atoms with van der Waals surface area (Å²) in [4.78, 5) is 25.1. The van der Waals surface area contributed by atoms with Crippen LogP contribution in [0.2, 0.25) is 25.7 Å². The van der Waals surface area contributed by atoms with Gasteiger partial charge >= 0.3 is 11.9 Å². The maximum Gasteiger partial charge on any atom is 0.352 e. The molecule has 8 heteroatoms. The first kappa shape index (κ1) is 32.4. The Morgan fingerprint density at radius 1 is 0.897 bits per heavy atom. The Balaban J connectivity index is 2.08. The summed E-state index contributed by atoms with van der Waals surface area (Å²) in [6, 6.07) is 19.6. The van der Waals surface area contributed by atoms with Crippen LogP contribution in [0.15, 0.2) is 72.8 Å². The fourth-order valence-electron chi connectivity index (χ4n) is 3.60. The van der Waals surface area contributed by atoms with Crippen molar-refractivity contribution in [2.75, 3.05) is 13.4 Å². The molecule has 4 atom stereocenters. The molecule has 0 radical (unpaired) electrons. The van der Waals surface area contributed by atoms with Gasteiger partial charge in [0.2, 0.25) is 6.10 Å². The fraction of sp³-hybridized carbons (Fsp3) is 0.484. The van der Waals surface area contributed by atoms with Gasteiger partial charge in [-0.25, -0.2) is 4.79 Å². The molecule has 0 aromatic heterocycles. The summed E-state index contributed by atoms with van der Waals surface area (Å²) in [5, 5.41) is 0. The molecule has 214 valence electrons. The van der Waals surface area contributed by atoms with Gasteiger partial charge in [-0.15, -0.1) is 0 Å². The van der Waals surface area contributed by atoms with E-state index in [1.54, 1.807) is 24.3 Å². The minimum absolute atomic E-state index is 0.164. The van der Waals surface area contributed by atoms with E-state index in [1.807, 2.05) is 50.2 Å². The Morgan fingerprint density at radius 3 is 2.10 bits per heavy atom. The molecule has 0 spiro atoms. The van der Waals surface area contributed by atoms with Crippen molar-refractivity contribution in [1.29, 1.82) is 0 Å². The van der Waals surface area contributed by atoms with Crippen molar-refractivity contribution in [2.24, 2.45) is 0 Å². The van der Waals surface area contributed by atoms with E-state index in [9.17, 15) is 9.59 Å². The number of benzene rings is 2. The van der Waals surface area contributed by atoms with Gasteiger partial charge in [0, 0.05) is 33.6 Å². The van der Waals surface area contributed by atoms with Crippen LogP contribution in [0.1, 0.15) is 44.4 Å². The van der Waals surface area contributed by atoms with Crippen LogP contribution in [0.3, 0.4) is 0 Å². The minimum Gasteiger partial charge on any atom is -0.456 e. The topological polar surface area (TPSA) is 80.3 Å². The summed E-state index contributed by atoms with van der Waals surface area (Å²) in [7, 11) is -1.18. The van der Waals surface area contributed by atoms with Gasteiger partial charge in [0.15, 0.2) is 0 Å². The van der Waals surface area contributed by atoms with Gasteiger partial charge in [-0.2, -0.15) is 0 Å². The van der Waals surface area contributed by atoms with Gasteiger partial charge in [0.25, 0.3) is 0 Å². The van der Waals surface area contributed by atoms with E-state index in [-0.39, 0.29) is 12.9 Å². The van der Waals surface area contributed by atoms with E-state index < -0.39 is 38.3 Å². The largest absolute Gasteiger partial charge is 0.456 e. The SMILES string of the molecule is C=C(C[C@@H](OC(=O)[C@@H](OC(C)=O)c1ccccc1)[C@@H](C)OCc1ccccc1)[C@@H](C)OCOCC[Si](C)(C)C. The molecule has 0 unspecified atom stereocenters. The van der Waals surface area contributed by atoms with Gasteiger partial charge in [-0.05, 0) is 31.0 Å². The van der Waals surface area contributed by atoms with Crippen molar-refractivity contribution in [1.82, 2.24) is 0 Å². The smallest absolute Gasteiger partial charge is 0.352 e. The fourth-order valence-corrected chi connectivity index (χ4v) is 4.36. The molecule has 2 aromatic rings. The van der Waals surface area contributed by atoms with Crippen LogP contribution in [0, 0.1) is 0 Å². The van der Waals surface area contributed by atoms with Crippen LogP contribution >= 0.6 is 0 Å². The molecule has 0 heterocycles. The summed E-state index contributed by atoms with van der Waals surface area (Å²) in [5.74, 6) is -1.25. The van der Waals surface area contributed by atoms with E-state index >= 15 is 0 Å². The van der Waals surface area contributed by atoms with E-state index in [0.29, 0.717) is 25.2 Å². The summed E-state index contributed by atoms with van der Waals surface area (Å²) in [6.45, 7) is 17.3. The van der Waals surface area contributed by atoms with Gasteiger partial charge in [0.05, 0.1) is 18.8 Å². The van der Waals surface area contributed by atoms with Gasteiger partial charge in [0.1, 0.15) is 12.9 Å². The zero-order valence-electron chi connectivity index (χ0n) is 24.2. The summed E-state index contributed by atoms with van der Waals surface area (Å²) in [6.07, 6.45) is -2.36. The van der Waals surface area contributed by atoms with Gasteiger partial charge in [-0.3, -0.25) is 4.79 Å². The average molecular weight is 557 g/mol. The molecule has 0 aliphatic carbocycles. The zero-order valence-corrected chi connectivity index (χ0v) is 25.2. The maximum atomic E-state index is 13.3. The Morgan fingerprint density at radius 2 is 1.51 bits per heavy atom. The molecular weight excluding hydrogens is 512 g/mol.